The molecule has 1 aliphatic heterocycles. The molecular weight excluding hydrogens is 332 g/mol. The zero-order valence-electron chi connectivity index (χ0n) is 15.2. The summed E-state index contributed by atoms with van der Waals surface area (Å²) in [5.41, 5.74) is -0.00896. The number of thiazole rings is 1. The summed E-state index contributed by atoms with van der Waals surface area (Å²) in [4.78, 5) is 19.8. The van der Waals surface area contributed by atoms with E-state index in [1.54, 1.807) is 6.20 Å². The summed E-state index contributed by atoms with van der Waals surface area (Å²) in [5, 5.41) is 1.02. The number of hydrogen-bond donors (Lipinski definition) is 0. The molecule has 25 heavy (non-hydrogen) atoms. The van der Waals surface area contributed by atoms with Crippen LogP contribution in [0.5, 0.6) is 5.75 Å². The zero-order chi connectivity index (χ0) is 17.9. The smallest absolute Gasteiger partial charge is 0.265 e. The number of hydrogen-bond acceptors (Lipinski definition) is 4. The number of likely N-dealkylation sites (tertiary alicyclic amines) is 1. The molecule has 2 heterocycles. The van der Waals surface area contributed by atoms with Crippen molar-refractivity contribution in [2.75, 3.05) is 19.7 Å². The van der Waals surface area contributed by atoms with Crippen LogP contribution < -0.4 is 4.74 Å². The van der Waals surface area contributed by atoms with E-state index in [-0.39, 0.29) is 11.3 Å². The number of para-hydroxylation sites is 1. The molecule has 1 amide bonds. The van der Waals surface area contributed by atoms with E-state index >= 15 is 0 Å². The normalized spacial score (nSPS) is 16.0. The van der Waals surface area contributed by atoms with Crippen molar-refractivity contribution in [2.24, 2.45) is 5.92 Å². The summed E-state index contributed by atoms with van der Waals surface area (Å²) >= 11 is 1.52. The van der Waals surface area contributed by atoms with E-state index in [4.69, 9.17) is 4.74 Å². The van der Waals surface area contributed by atoms with Gasteiger partial charge in [0.1, 0.15) is 10.6 Å². The average Bonchev–Trinajstić information content (AvgIpc) is 3.11. The standard InChI is InChI=1S/C20H26N2O2S/c1-20(2,3)19-21-13-17(25-19)18(23)22-11-9-15(10-12-22)14-24-16-7-5-4-6-8-16/h4-8,13,15H,9-12,14H2,1-3H3. The maximum absolute atomic E-state index is 12.7. The highest BCUT2D eigenvalue weighted by Gasteiger charge is 2.27. The Balaban J connectivity index is 1.50. The van der Waals surface area contributed by atoms with Gasteiger partial charge in [0.15, 0.2) is 0 Å². The number of amides is 1. The topological polar surface area (TPSA) is 42.4 Å². The van der Waals surface area contributed by atoms with Gasteiger partial charge in [0.25, 0.3) is 5.91 Å². The fourth-order valence-corrected chi connectivity index (χ4v) is 3.85. The van der Waals surface area contributed by atoms with E-state index in [2.05, 4.69) is 25.8 Å². The van der Waals surface area contributed by atoms with E-state index in [9.17, 15) is 4.79 Å². The first kappa shape index (κ1) is 17.9. The van der Waals surface area contributed by atoms with Crippen molar-refractivity contribution in [3.63, 3.8) is 0 Å². The van der Waals surface area contributed by atoms with Crippen LogP contribution in [0, 0.1) is 5.92 Å². The largest absolute Gasteiger partial charge is 0.493 e. The third kappa shape index (κ3) is 4.60. The molecule has 0 spiro atoms. The Labute approximate surface area is 153 Å². The molecule has 0 saturated carbocycles. The predicted molar refractivity (Wildman–Crippen MR) is 101 cm³/mol. The first-order valence-corrected chi connectivity index (χ1v) is 9.68. The third-order valence-electron chi connectivity index (χ3n) is 4.49. The minimum atomic E-state index is -0.00896. The highest BCUT2D eigenvalue weighted by Crippen LogP contribution is 2.28. The van der Waals surface area contributed by atoms with Crippen molar-refractivity contribution in [1.29, 1.82) is 0 Å². The van der Waals surface area contributed by atoms with Crippen LogP contribution >= 0.6 is 11.3 Å². The second-order valence-corrected chi connectivity index (χ2v) is 8.67. The summed E-state index contributed by atoms with van der Waals surface area (Å²) in [6.45, 7) is 8.69. The van der Waals surface area contributed by atoms with Crippen LogP contribution in [0.2, 0.25) is 0 Å². The zero-order valence-corrected chi connectivity index (χ0v) is 16.0. The number of carbonyl (C=O) groups excluding carboxylic acids is 1. The van der Waals surface area contributed by atoms with Crippen LogP contribution in [-0.4, -0.2) is 35.5 Å². The average molecular weight is 359 g/mol. The molecule has 1 aromatic heterocycles. The molecule has 0 aliphatic carbocycles. The molecule has 2 aromatic rings. The summed E-state index contributed by atoms with van der Waals surface area (Å²) in [5.74, 6) is 1.55. The fraction of sp³-hybridized carbons (Fsp3) is 0.500. The van der Waals surface area contributed by atoms with E-state index in [0.29, 0.717) is 5.92 Å². The predicted octanol–water partition coefficient (Wildman–Crippen LogP) is 4.37. The summed E-state index contributed by atoms with van der Waals surface area (Å²) < 4.78 is 5.86. The Kier molecular flexibility index (Phi) is 5.42. The van der Waals surface area contributed by atoms with Gasteiger partial charge >= 0.3 is 0 Å². The second-order valence-electron chi connectivity index (χ2n) is 7.64. The Morgan fingerprint density at radius 1 is 1.24 bits per heavy atom. The van der Waals surface area contributed by atoms with Gasteiger partial charge in [-0.1, -0.05) is 39.0 Å². The van der Waals surface area contributed by atoms with Gasteiger partial charge in [-0.15, -0.1) is 11.3 Å². The Bertz CT molecular complexity index is 698. The van der Waals surface area contributed by atoms with Crippen molar-refractivity contribution in [1.82, 2.24) is 9.88 Å². The summed E-state index contributed by atoms with van der Waals surface area (Å²) in [6, 6.07) is 9.92. The molecule has 4 nitrogen and oxygen atoms in total. The molecule has 5 heteroatoms. The number of piperidine rings is 1. The van der Waals surface area contributed by atoms with Crippen LogP contribution in [-0.2, 0) is 5.41 Å². The highest BCUT2D eigenvalue weighted by atomic mass is 32.1. The molecule has 1 fully saturated rings. The van der Waals surface area contributed by atoms with Crippen LogP contribution in [0.15, 0.2) is 36.5 Å². The Hall–Kier alpha value is -1.88. The number of carbonyl (C=O) groups is 1. The van der Waals surface area contributed by atoms with Gasteiger partial charge in [0.05, 0.1) is 17.8 Å². The maximum Gasteiger partial charge on any atom is 0.265 e. The number of benzene rings is 1. The molecule has 1 saturated heterocycles. The SMILES string of the molecule is CC(C)(C)c1ncc(C(=O)N2CCC(COc3ccccc3)CC2)s1. The fourth-order valence-electron chi connectivity index (χ4n) is 2.91. The lowest BCUT2D eigenvalue weighted by Gasteiger charge is -2.31. The molecule has 0 atom stereocenters. The van der Waals surface area contributed by atoms with Crippen molar-refractivity contribution in [3.8, 4) is 5.75 Å². The third-order valence-corrected chi connectivity index (χ3v) is 5.90. The molecule has 0 radical (unpaired) electrons. The van der Waals surface area contributed by atoms with E-state index in [1.165, 1.54) is 11.3 Å². The minimum absolute atomic E-state index is 0.00896. The van der Waals surface area contributed by atoms with Gasteiger partial charge in [-0.05, 0) is 30.9 Å². The highest BCUT2D eigenvalue weighted by molar-refractivity contribution is 7.13. The minimum Gasteiger partial charge on any atom is -0.493 e. The van der Waals surface area contributed by atoms with Gasteiger partial charge < -0.3 is 9.64 Å². The molecule has 134 valence electrons. The Morgan fingerprint density at radius 3 is 2.52 bits per heavy atom. The molecule has 1 aliphatic rings. The van der Waals surface area contributed by atoms with E-state index in [1.807, 2.05) is 35.2 Å². The lowest BCUT2D eigenvalue weighted by molar-refractivity contribution is 0.0665. The van der Waals surface area contributed by atoms with Crippen molar-refractivity contribution < 1.29 is 9.53 Å². The van der Waals surface area contributed by atoms with Crippen molar-refractivity contribution in [2.45, 2.75) is 39.0 Å². The van der Waals surface area contributed by atoms with Crippen molar-refractivity contribution in [3.05, 3.63) is 46.4 Å². The number of ether oxygens (including phenoxy) is 1. The van der Waals surface area contributed by atoms with Gasteiger partial charge in [0.2, 0.25) is 0 Å². The van der Waals surface area contributed by atoms with E-state index in [0.717, 1.165) is 48.2 Å². The van der Waals surface area contributed by atoms with Crippen LogP contribution in [0.3, 0.4) is 0 Å². The monoisotopic (exact) mass is 358 g/mol. The molecule has 1 aromatic carbocycles. The van der Waals surface area contributed by atoms with Gasteiger partial charge in [-0.25, -0.2) is 4.98 Å². The lowest BCUT2D eigenvalue weighted by Crippen LogP contribution is -2.39. The van der Waals surface area contributed by atoms with Crippen LogP contribution in [0.4, 0.5) is 0 Å². The van der Waals surface area contributed by atoms with Crippen LogP contribution in [0.25, 0.3) is 0 Å². The van der Waals surface area contributed by atoms with Gasteiger partial charge in [-0.3, -0.25) is 4.79 Å². The van der Waals surface area contributed by atoms with Gasteiger partial charge in [-0.2, -0.15) is 0 Å². The van der Waals surface area contributed by atoms with E-state index < -0.39 is 0 Å². The maximum atomic E-state index is 12.7. The first-order chi connectivity index (χ1) is 11.9. The molecule has 0 bridgehead atoms. The molecular formula is C20H26N2O2S. The number of aromatic nitrogens is 1. The first-order valence-electron chi connectivity index (χ1n) is 8.87. The summed E-state index contributed by atoms with van der Waals surface area (Å²) in [7, 11) is 0. The molecule has 0 unspecified atom stereocenters. The molecule has 3 rings (SSSR count). The van der Waals surface area contributed by atoms with Crippen molar-refractivity contribution >= 4 is 17.2 Å². The second kappa shape index (κ2) is 7.56. The summed E-state index contributed by atoms with van der Waals surface area (Å²) in [6.07, 6.45) is 3.71. The van der Waals surface area contributed by atoms with Crippen LogP contribution in [0.1, 0.15) is 48.3 Å². The molecule has 0 N–H and O–H groups in total. The lowest BCUT2D eigenvalue weighted by atomic mass is 9.97. The quantitative estimate of drug-likeness (QED) is 0.815. The van der Waals surface area contributed by atoms with Gasteiger partial charge in [0, 0.05) is 18.5 Å². The Morgan fingerprint density at radius 2 is 1.92 bits per heavy atom. The number of nitrogens with zero attached hydrogens (tertiary/aromatic N) is 2. The number of rotatable bonds is 4.